The summed E-state index contributed by atoms with van der Waals surface area (Å²) in [5.74, 6) is 2.52. The quantitative estimate of drug-likeness (QED) is 0.664. The zero-order valence-electron chi connectivity index (χ0n) is 18.5. The molecular weight excluding hydrogens is 416 g/mol. The summed E-state index contributed by atoms with van der Waals surface area (Å²) in [6.07, 6.45) is 0. The van der Waals surface area contributed by atoms with E-state index < -0.39 is 0 Å². The maximum absolute atomic E-state index is 13.0. The molecule has 1 amide bonds. The van der Waals surface area contributed by atoms with Crippen molar-refractivity contribution < 1.29 is 33.2 Å². The summed E-state index contributed by atoms with van der Waals surface area (Å²) in [5.41, 5.74) is 1.47. The molecule has 9 nitrogen and oxygen atoms in total. The summed E-state index contributed by atoms with van der Waals surface area (Å²) in [7, 11) is 4.57. The fourth-order valence-electron chi connectivity index (χ4n) is 3.97. The highest BCUT2D eigenvalue weighted by molar-refractivity contribution is 5.95. The van der Waals surface area contributed by atoms with Crippen molar-refractivity contribution >= 4 is 5.91 Å². The number of nitrogens with zero attached hydrogens (tertiary/aromatic N) is 1. The van der Waals surface area contributed by atoms with Crippen LogP contribution in [0, 0.1) is 0 Å². The van der Waals surface area contributed by atoms with Gasteiger partial charge in [0.1, 0.15) is 0 Å². The standard InChI is InChI=1S/C23H28N2O7/c1-27-20-11-16(12-21(28-2)22(20)29-3)23(26)24-13-17(25-6-8-30-9-7-25)15-4-5-18-19(10-15)32-14-31-18/h4-5,10-12,17H,6-9,13-14H2,1-3H3,(H,24,26)/t17-/m0/s1. The maximum atomic E-state index is 13.0. The Labute approximate surface area is 187 Å². The van der Waals surface area contributed by atoms with Crippen LogP contribution >= 0.6 is 0 Å². The molecule has 0 aliphatic carbocycles. The lowest BCUT2D eigenvalue weighted by atomic mass is 10.0. The Morgan fingerprint density at radius 1 is 1.00 bits per heavy atom. The first kappa shape index (κ1) is 22.0. The largest absolute Gasteiger partial charge is 0.493 e. The van der Waals surface area contributed by atoms with Gasteiger partial charge in [0.05, 0.1) is 40.6 Å². The molecule has 2 heterocycles. The molecule has 1 atom stereocenters. The highest BCUT2D eigenvalue weighted by atomic mass is 16.7. The van der Waals surface area contributed by atoms with E-state index in [1.54, 1.807) is 12.1 Å². The van der Waals surface area contributed by atoms with Crippen molar-refractivity contribution in [3.63, 3.8) is 0 Å². The number of nitrogens with one attached hydrogen (secondary N) is 1. The van der Waals surface area contributed by atoms with E-state index in [1.165, 1.54) is 21.3 Å². The Bertz CT molecular complexity index is 934. The van der Waals surface area contributed by atoms with E-state index in [2.05, 4.69) is 10.2 Å². The third kappa shape index (κ3) is 4.53. The molecule has 9 heteroatoms. The van der Waals surface area contributed by atoms with E-state index in [-0.39, 0.29) is 18.7 Å². The Hall–Kier alpha value is -3.17. The van der Waals surface area contributed by atoms with Crippen molar-refractivity contribution in [3.05, 3.63) is 41.5 Å². The summed E-state index contributed by atoms with van der Waals surface area (Å²) < 4.78 is 32.6. The molecule has 32 heavy (non-hydrogen) atoms. The number of hydrogen-bond donors (Lipinski definition) is 1. The molecule has 2 aliphatic heterocycles. The lowest BCUT2D eigenvalue weighted by molar-refractivity contribution is 0.0162. The number of rotatable bonds is 8. The Morgan fingerprint density at radius 3 is 2.34 bits per heavy atom. The van der Waals surface area contributed by atoms with E-state index in [1.807, 2.05) is 18.2 Å². The molecule has 0 saturated carbocycles. The van der Waals surface area contributed by atoms with Gasteiger partial charge in [-0.3, -0.25) is 9.69 Å². The van der Waals surface area contributed by atoms with Gasteiger partial charge in [0, 0.05) is 25.2 Å². The number of carbonyl (C=O) groups excluding carboxylic acids is 1. The van der Waals surface area contributed by atoms with Crippen LogP contribution in [0.15, 0.2) is 30.3 Å². The molecule has 2 aromatic rings. The molecule has 0 aromatic heterocycles. The minimum Gasteiger partial charge on any atom is -0.493 e. The van der Waals surface area contributed by atoms with E-state index in [0.717, 1.165) is 30.2 Å². The van der Waals surface area contributed by atoms with Crippen LogP contribution in [0.3, 0.4) is 0 Å². The number of hydrogen-bond acceptors (Lipinski definition) is 8. The van der Waals surface area contributed by atoms with Crippen molar-refractivity contribution in [2.75, 3.05) is 61.0 Å². The van der Waals surface area contributed by atoms with Crippen LogP contribution in [0.4, 0.5) is 0 Å². The summed E-state index contributed by atoms with van der Waals surface area (Å²) in [6.45, 7) is 3.50. The van der Waals surface area contributed by atoms with Gasteiger partial charge in [-0.25, -0.2) is 0 Å². The zero-order chi connectivity index (χ0) is 22.5. The van der Waals surface area contributed by atoms with Crippen molar-refractivity contribution in [1.82, 2.24) is 10.2 Å². The van der Waals surface area contributed by atoms with Crippen LogP contribution in [-0.2, 0) is 4.74 Å². The molecule has 1 saturated heterocycles. The Balaban J connectivity index is 1.55. The van der Waals surface area contributed by atoms with Crippen molar-refractivity contribution in [2.24, 2.45) is 0 Å². The van der Waals surface area contributed by atoms with Crippen molar-refractivity contribution in [3.8, 4) is 28.7 Å². The fourth-order valence-corrected chi connectivity index (χ4v) is 3.97. The smallest absolute Gasteiger partial charge is 0.251 e. The second kappa shape index (κ2) is 9.97. The highest BCUT2D eigenvalue weighted by Gasteiger charge is 2.26. The van der Waals surface area contributed by atoms with Gasteiger partial charge in [-0.2, -0.15) is 0 Å². The van der Waals surface area contributed by atoms with Crippen molar-refractivity contribution in [2.45, 2.75) is 6.04 Å². The van der Waals surface area contributed by atoms with Crippen LogP contribution in [0.25, 0.3) is 0 Å². The monoisotopic (exact) mass is 444 g/mol. The topological polar surface area (TPSA) is 87.7 Å². The fraction of sp³-hybridized carbons (Fsp3) is 0.435. The Kier molecular flexibility index (Phi) is 6.87. The minimum absolute atomic E-state index is 0.0422. The average Bonchev–Trinajstić information content (AvgIpc) is 3.31. The third-order valence-electron chi connectivity index (χ3n) is 5.65. The number of morpholine rings is 1. The molecule has 172 valence electrons. The lowest BCUT2D eigenvalue weighted by Crippen LogP contribution is -2.43. The normalized spacial score (nSPS) is 16.3. The summed E-state index contributed by atoms with van der Waals surface area (Å²) in [5, 5.41) is 3.06. The van der Waals surface area contributed by atoms with Crippen LogP contribution in [0.2, 0.25) is 0 Å². The summed E-state index contributed by atoms with van der Waals surface area (Å²) in [6, 6.07) is 9.14. The second-order valence-electron chi connectivity index (χ2n) is 7.40. The van der Waals surface area contributed by atoms with E-state index in [4.69, 9.17) is 28.4 Å². The third-order valence-corrected chi connectivity index (χ3v) is 5.65. The Morgan fingerprint density at radius 2 is 1.69 bits per heavy atom. The van der Waals surface area contributed by atoms with E-state index in [0.29, 0.717) is 42.6 Å². The maximum Gasteiger partial charge on any atom is 0.251 e. The zero-order valence-corrected chi connectivity index (χ0v) is 18.5. The van der Waals surface area contributed by atoms with Crippen LogP contribution in [0.5, 0.6) is 28.7 Å². The van der Waals surface area contributed by atoms with Crippen LogP contribution in [-0.4, -0.2) is 71.8 Å². The minimum atomic E-state index is -0.233. The van der Waals surface area contributed by atoms with Gasteiger partial charge >= 0.3 is 0 Å². The predicted molar refractivity (Wildman–Crippen MR) is 116 cm³/mol. The van der Waals surface area contributed by atoms with Crippen LogP contribution < -0.4 is 29.0 Å². The van der Waals surface area contributed by atoms with Gasteiger partial charge in [-0.05, 0) is 29.8 Å². The van der Waals surface area contributed by atoms with Gasteiger partial charge in [-0.1, -0.05) is 6.07 Å². The van der Waals surface area contributed by atoms with Gasteiger partial charge < -0.3 is 33.7 Å². The molecular formula is C23H28N2O7. The first-order chi connectivity index (χ1) is 15.6. The van der Waals surface area contributed by atoms with Gasteiger partial charge in [0.2, 0.25) is 12.5 Å². The second-order valence-corrected chi connectivity index (χ2v) is 7.40. The number of amides is 1. The SMILES string of the molecule is COc1cc(C(=O)NC[C@@H](c2ccc3c(c2)OCO3)N2CCOCC2)cc(OC)c1OC. The van der Waals surface area contributed by atoms with Gasteiger partial charge in [-0.15, -0.1) is 0 Å². The first-order valence-electron chi connectivity index (χ1n) is 10.4. The molecule has 4 rings (SSSR count). The number of carbonyl (C=O) groups is 1. The predicted octanol–water partition coefficient (Wildman–Crippen LogP) is 2.24. The lowest BCUT2D eigenvalue weighted by Gasteiger charge is -2.35. The van der Waals surface area contributed by atoms with Crippen molar-refractivity contribution in [1.29, 1.82) is 0 Å². The van der Waals surface area contributed by atoms with E-state index in [9.17, 15) is 4.79 Å². The number of fused-ring (bicyclic) bond motifs is 1. The molecule has 0 bridgehead atoms. The molecule has 0 spiro atoms. The number of ether oxygens (including phenoxy) is 6. The molecule has 0 unspecified atom stereocenters. The summed E-state index contributed by atoms with van der Waals surface area (Å²) >= 11 is 0. The molecule has 0 radical (unpaired) electrons. The molecule has 2 aromatic carbocycles. The van der Waals surface area contributed by atoms with E-state index >= 15 is 0 Å². The highest BCUT2D eigenvalue weighted by Crippen LogP contribution is 2.38. The average molecular weight is 444 g/mol. The summed E-state index contributed by atoms with van der Waals surface area (Å²) in [4.78, 5) is 15.3. The number of benzene rings is 2. The first-order valence-corrected chi connectivity index (χ1v) is 10.4. The van der Waals surface area contributed by atoms with Crippen LogP contribution in [0.1, 0.15) is 22.0 Å². The molecule has 1 fully saturated rings. The van der Waals surface area contributed by atoms with Gasteiger partial charge in [0.25, 0.3) is 5.91 Å². The molecule has 1 N–H and O–H groups in total. The number of methoxy groups -OCH3 is 3. The van der Waals surface area contributed by atoms with Gasteiger partial charge in [0.15, 0.2) is 23.0 Å². The molecule has 2 aliphatic rings.